The number of rotatable bonds is 7. The third kappa shape index (κ3) is 4.41. The van der Waals surface area contributed by atoms with E-state index in [1.165, 1.54) is 23.5 Å². The minimum absolute atomic E-state index is 0.406. The Kier molecular flexibility index (Phi) is 6.64. The molecule has 1 amide bonds. The van der Waals surface area contributed by atoms with Crippen LogP contribution in [0, 0.1) is 0 Å². The average Bonchev–Trinajstić information content (AvgIpc) is 3.48. The molecule has 1 aliphatic heterocycles. The molecule has 0 spiro atoms. The minimum atomic E-state index is -1.40. The smallest absolute Gasteiger partial charge is 0.251 e. The minimum Gasteiger partial charge on any atom is -0.387 e. The van der Waals surface area contributed by atoms with Crippen LogP contribution in [0.25, 0.3) is 22.6 Å². The van der Waals surface area contributed by atoms with Crippen LogP contribution in [0.4, 0.5) is 5.82 Å². The highest BCUT2D eigenvalue weighted by Gasteiger charge is 2.47. The molecule has 2 aromatic carbocycles. The van der Waals surface area contributed by atoms with Gasteiger partial charge in [0.05, 0.1) is 6.33 Å². The Balaban J connectivity index is 1.57. The van der Waals surface area contributed by atoms with E-state index in [-0.39, 0.29) is 0 Å². The molecule has 0 aliphatic carbocycles. The second-order valence-corrected chi connectivity index (χ2v) is 8.65. The van der Waals surface area contributed by atoms with Crippen LogP contribution >= 0.6 is 0 Å². The lowest BCUT2D eigenvalue weighted by atomic mass is 10.1. The van der Waals surface area contributed by atoms with Gasteiger partial charge in [0.2, 0.25) is 0 Å². The van der Waals surface area contributed by atoms with Crippen LogP contribution in [0.2, 0.25) is 0 Å². The molecule has 36 heavy (non-hydrogen) atoms. The third-order valence-electron chi connectivity index (χ3n) is 6.36. The summed E-state index contributed by atoms with van der Waals surface area (Å²) in [5.41, 5.74) is 3.98. The molecular weight excluding hydrogens is 460 g/mol. The lowest BCUT2D eigenvalue weighted by molar-refractivity contribution is -0.137. The number of aliphatic hydroxyl groups excluding tert-OH is 2. The van der Waals surface area contributed by atoms with E-state index in [1.54, 1.807) is 0 Å². The molecule has 2 aromatic heterocycles. The summed E-state index contributed by atoms with van der Waals surface area (Å²) in [5, 5.41) is 26.9. The van der Waals surface area contributed by atoms with Gasteiger partial charge < -0.3 is 25.6 Å². The van der Waals surface area contributed by atoms with E-state index < -0.39 is 30.4 Å². The Hall–Kier alpha value is -3.86. The lowest BCUT2D eigenvalue weighted by Gasteiger charge is -2.17. The fourth-order valence-corrected chi connectivity index (χ4v) is 4.27. The van der Waals surface area contributed by atoms with E-state index in [4.69, 9.17) is 14.7 Å². The van der Waals surface area contributed by atoms with Crippen LogP contribution in [-0.2, 0) is 22.5 Å². The molecule has 10 nitrogen and oxygen atoms in total. The van der Waals surface area contributed by atoms with Crippen molar-refractivity contribution >= 4 is 22.9 Å². The number of anilines is 1. The van der Waals surface area contributed by atoms with Gasteiger partial charge in [-0.1, -0.05) is 61.5 Å². The van der Waals surface area contributed by atoms with E-state index in [0.29, 0.717) is 29.4 Å². The predicted octanol–water partition coefficient (Wildman–Crippen LogP) is 2.03. The van der Waals surface area contributed by atoms with Gasteiger partial charge in [-0.25, -0.2) is 15.0 Å². The summed E-state index contributed by atoms with van der Waals surface area (Å²) in [5.74, 6) is 0.469. The predicted molar refractivity (Wildman–Crippen MR) is 134 cm³/mol. The number of hydrogen-bond donors (Lipinski definition) is 4. The molecule has 0 radical (unpaired) electrons. The molecule has 0 saturated carbocycles. The molecule has 1 fully saturated rings. The number of benzene rings is 2. The van der Waals surface area contributed by atoms with Gasteiger partial charge in [0.25, 0.3) is 5.91 Å². The summed E-state index contributed by atoms with van der Waals surface area (Å²) in [6.07, 6.45) is -2.63. The van der Waals surface area contributed by atoms with Crippen molar-refractivity contribution in [1.82, 2.24) is 24.8 Å². The molecule has 4 atom stereocenters. The van der Waals surface area contributed by atoms with Gasteiger partial charge >= 0.3 is 0 Å². The van der Waals surface area contributed by atoms with Gasteiger partial charge in [0.1, 0.15) is 12.2 Å². The molecule has 186 valence electrons. The number of likely N-dealkylation sites (N-methyl/N-ethyl adjacent to an activating group) is 1. The topological polar surface area (TPSA) is 134 Å². The molecule has 5 rings (SSSR count). The number of hydrogen-bond acceptors (Lipinski definition) is 8. The number of nitrogens with zero attached hydrogens (tertiary/aromatic N) is 4. The Morgan fingerprint density at radius 1 is 1.03 bits per heavy atom. The van der Waals surface area contributed by atoms with E-state index >= 15 is 0 Å². The fourth-order valence-electron chi connectivity index (χ4n) is 4.27. The van der Waals surface area contributed by atoms with Gasteiger partial charge in [-0.2, -0.15) is 0 Å². The monoisotopic (exact) mass is 488 g/mol. The Bertz CT molecular complexity index is 1360. The maximum atomic E-state index is 12.1. The van der Waals surface area contributed by atoms with Crippen molar-refractivity contribution in [3.63, 3.8) is 0 Å². The van der Waals surface area contributed by atoms with Crippen molar-refractivity contribution in [2.24, 2.45) is 0 Å². The van der Waals surface area contributed by atoms with Crippen LogP contribution in [0.15, 0.2) is 60.9 Å². The zero-order valence-electron chi connectivity index (χ0n) is 20.0. The first-order valence-electron chi connectivity index (χ1n) is 11.8. The van der Waals surface area contributed by atoms with E-state index in [1.807, 2.05) is 54.6 Å². The molecule has 3 heterocycles. The Labute approximate surface area is 208 Å². The van der Waals surface area contributed by atoms with Gasteiger partial charge in [-0.3, -0.25) is 9.36 Å². The molecule has 0 bridgehead atoms. The van der Waals surface area contributed by atoms with Crippen molar-refractivity contribution in [3.8, 4) is 11.4 Å². The Morgan fingerprint density at radius 2 is 1.78 bits per heavy atom. The van der Waals surface area contributed by atoms with Crippen LogP contribution in [0.5, 0.6) is 0 Å². The molecule has 1 saturated heterocycles. The van der Waals surface area contributed by atoms with Gasteiger partial charge in [-0.05, 0) is 17.5 Å². The Morgan fingerprint density at radius 3 is 2.47 bits per heavy atom. The summed E-state index contributed by atoms with van der Waals surface area (Å²) in [6, 6.07) is 17.9. The van der Waals surface area contributed by atoms with Crippen molar-refractivity contribution < 1.29 is 19.7 Å². The van der Waals surface area contributed by atoms with E-state index in [0.717, 1.165) is 17.5 Å². The SMILES string of the molecule is CCc1ccc(-c2nc(NCc3ccccc3)c3ncn(C4OC(C(=O)NC)C(O)C4O)c3n2)cc1. The number of amides is 1. The second kappa shape index (κ2) is 10.0. The standard InChI is InChI=1S/C26H28N6O4/c1-3-15-9-11-17(12-10-15)22-30-23(28-13-16-7-5-4-6-8-16)18-24(31-22)32(14-29-18)26-20(34)19(33)21(36-26)25(35)27-2/h4-12,14,19-21,26,33-34H,3,13H2,1-2H3,(H,27,35)(H,28,30,31). The van der Waals surface area contributed by atoms with Crippen LogP contribution in [0.3, 0.4) is 0 Å². The quantitative estimate of drug-likeness (QED) is 0.310. The highest BCUT2D eigenvalue weighted by molar-refractivity contribution is 5.85. The summed E-state index contributed by atoms with van der Waals surface area (Å²) in [6.45, 7) is 2.61. The van der Waals surface area contributed by atoms with Crippen molar-refractivity contribution in [1.29, 1.82) is 0 Å². The van der Waals surface area contributed by atoms with Crippen molar-refractivity contribution in [2.75, 3.05) is 12.4 Å². The summed E-state index contributed by atoms with van der Waals surface area (Å²) in [4.78, 5) is 26.1. The normalized spacial score (nSPS) is 21.6. The number of carbonyl (C=O) groups is 1. The summed E-state index contributed by atoms with van der Waals surface area (Å²) < 4.78 is 7.30. The van der Waals surface area contributed by atoms with Crippen molar-refractivity contribution in [2.45, 2.75) is 44.4 Å². The number of aromatic nitrogens is 4. The number of aryl methyl sites for hydroxylation is 1. The highest BCUT2D eigenvalue weighted by atomic mass is 16.6. The zero-order chi connectivity index (χ0) is 25.2. The van der Waals surface area contributed by atoms with Crippen LogP contribution in [0.1, 0.15) is 24.3 Å². The summed E-state index contributed by atoms with van der Waals surface area (Å²) in [7, 11) is 1.44. The molecule has 4 unspecified atom stereocenters. The first kappa shape index (κ1) is 23.9. The second-order valence-electron chi connectivity index (χ2n) is 8.65. The largest absolute Gasteiger partial charge is 0.387 e. The first-order chi connectivity index (χ1) is 17.5. The van der Waals surface area contributed by atoms with Crippen LogP contribution < -0.4 is 10.6 Å². The van der Waals surface area contributed by atoms with Crippen molar-refractivity contribution in [3.05, 3.63) is 72.1 Å². The molecular formula is C26H28N6O4. The zero-order valence-corrected chi connectivity index (χ0v) is 20.0. The number of nitrogens with one attached hydrogen (secondary N) is 2. The number of aliphatic hydroxyl groups is 2. The fraction of sp³-hybridized carbons (Fsp3) is 0.308. The van der Waals surface area contributed by atoms with Gasteiger partial charge in [0.15, 0.2) is 35.1 Å². The molecule has 4 aromatic rings. The average molecular weight is 489 g/mol. The third-order valence-corrected chi connectivity index (χ3v) is 6.36. The summed E-state index contributed by atoms with van der Waals surface area (Å²) >= 11 is 0. The molecule has 1 aliphatic rings. The maximum Gasteiger partial charge on any atom is 0.251 e. The number of fused-ring (bicyclic) bond motifs is 1. The van der Waals surface area contributed by atoms with E-state index in [2.05, 4.69) is 22.5 Å². The van der Waals surface area contributed by atoms with Crippen LogP contribution in [-0.4, -0.2) is 61.0 Å². The molecule has 10 heteroatoms. The van der Waals surface area contributed by atoms with E-state index in [9.17, 15) is 15.0 Å². The number of imidazole rings is 1. The first-order valence-corrected chi connectivity index (χ1v) is 11.8. The number of carbonyl (C=O) groups excluding carboxylic acids is 1. The highest BCUT2D eigenvalue weighted by Crippen LogP contribution is 2.33. The van der Waals surface area contributed by atoms with Gasteiger partial charge in [0, 0.05) is 19.2 Å². The lowest BCUT2D eigenvalue weighted by Crippen LogP contribution is -2.41. The maximum absolute atomic E-state index is 12.1. The number of ether oxygens (including phenoxy) is 1. The van der Waals surface area contributed by atoms with Gasteiger partial charge in [-0.15, -0.1) is 0 Å². The molecule has 4 N–H and O–H groups in total.